The van der Waals surface area contributed by atoms with E-state index in [0.717, 1.165) is 25.7 Å². The summed E-state index contributed by atoms with van der Waals surface area (Å²) in [4.78, 5) is 48.4. The van der Waals surface area contributed by atoms with Gasteiger partial charge in [-0.1, -0.05) is 33.8 Å². The third kappa shape index (κ3) is 7.27. The van der Waals surface area contributed by atoms with Gasteiger partial charge >= 0.3 is 0 Å². The van der Waals surface area contributed by atoms with Crippen molar-refractivity contribution in [2.75, 3.05) is 6.54 Å². The molecule has 8 nitrogen and oxygen atoms in total. The minimum atomic E-state index is -1.01. The fourth-order valence-corrected chi connectivity index (χ4v) is 4.61. The predicted molar refractivity (Wildman–Crippen MR) is 137 cm³/mol. The summed E-state index contributed by atoms with van der Waals surface area (Å²) in [6.07, 6.45) is 4.66. The fourth-order valence-electron chi connectivity index (χ4n) is 4.61. The molecule has 0 saturated carbocycles. The lowest BCUT2D eigenvalue weighted by Crippen LogP contribution is -2.52. The second kappa shape index (κ2) is 11.8. The maximum absolute atomic E-state index is 14.1. The molecule has 3 rings (SSSR count). The summed E-state index contributed by atoms with van der Waals surface area (Å²) in [5, 5.41) is 5.64. The third-order valence-corrected chi connectivity index (χ3v) is 6.80. The Morgan fingerprint density at radius 1 is 1.22 bits per heavy atom. The van der Waals surface area contributed by atoms with Gasteiger partial charge in [0.2, 0.25) is 17.7 Å². The molecule has 36 heavy (non-hydrogen) atoms. The highest BCUT2D eigenvalue weighted by molar-refractivity contribution is 5.92. The molecule has 198 valence electrons. The van der Waals surface area contributed by atoms with Crippen molar-refractivity contribution in [2.24, 2.45) is 5.41 Å². The van der Waals surface area contributed by atoms with Crippen LogP contribution in [0.5, 0.6) is 0 Å². The molecule has 1 saturated heterocycles. The average Bonchev–Trinajstić information content (AvgIpc) is 3.28. The minimum Gasteiger partial charge on any atom is -0.345 e. The molecule has 1 aliphatic heterocycles. The predicted octanol–water partition coefficient (Wildman–Crippen LogP) is 4.37. The molecule has 1 aliphatic rings. The van der Waals surface area contributed by atoms with Gasteiger partial charge < -0.3 is 20.5 Å². The van der Waals surface area contributed by atoms with E-state index in [2.05, 4.69) is 27.5 Å². The largest absolute Gasteiger partial charge is 0.345 e. The molecule has 2 unspecified atom stereocenters. The van der Waals surface area contributed by atoms with Crippen molar-refractivity contribution < 1.29 is 18.8 Å². The third-order valence-electron chi connectivity index (χ3n) is 6.80. The molecule has 3 N–H and O–H groups in total. The van der Waals surface area contributed by atoms with Crippen LogP contribution in [0.4, 0.5) is 4.39 Å². The van der Waals surface area contributed by atoms with Crippen molar-refractivity contribution >= 4 is 28.8 Å². The number of likely N-dealkylation sites (tertiary alicyclic amines) is 1. The van der Waals surface area contributed by atoms with Crippen LogP contribution in [-0.4, -0.2) is 51.2 Å². The molecule has 9 heteroatoms. The van der Waals surface area contributed by atoms with Crippen LogP contribution in [-0.2, 0) is 14.4 Å². The zero-order chi connectivity index (χ0) is 26.5. The standard InChI is InChI=1S/C27H40FN5O3/c1-6-18-10-7-8-15-33(18)23(35)16-21(30-22(34)13-14-27(3,4)5)26(36)29-17(2)25-31-20-12-9-11-19(28)24(20)32-25/h9,11-12,17-18,21H,6-8,10,13-16H2,1-5H3,(H,29,36)(H,30,34)(H,31,32)/t17?,18-,21?/m0/s1. The Bertz CT molecular complexity index is 1080. The molecule has 0 spiro atoms. The summed E-state index contributed by atoms with van der Waals surface area (Å²) in [6.45, 7) is 10.6. The molecule has 0 radical (unpaired) electrons. The lowest BCUT2D eigenvalue weighted by molar-refractivity contribution is -0.139. The van der Waals surface area contributed by atoms with E-state index in [0.29, 0.717) is 24.3 Å². The minimum absolute atomic E-state index is 0.0296. The molecule has 1 aromatic heterocycles. The molecule has 2 heterocycles. The maximum atomic E-state index is 14.1. The van der Waals surface area contributed by atoms with Crippen molar-refractivity contribution in [3.05, 3.63) is 29.8 Å². The number of benzene rings is 1. The summed E-state index contributed by atoms with van der Waals surface area (Å²) in [6, 6.07) is 3.20. The summed E-state index contributed by atoms with van der Waals surface area (Å²) < 4.78 is 14.1. The number of carbonyl (C=O) groups is 3. The van der Waals surface area contributed by atoms with Gasteiger partial charge in [0.15, 0.2) is 5.82 Å². The maximum Gasteiger partial charge on any atom is 0.243 e. The Morgan fingerprint density at radius 3 is 2.64 bits per heavy atom. The Hall–Kier alpha value is -2.97. The van der Waals surface area contributed by atoms with Crippen LogP contribution in [0.3, 0.4) is 0 Å². The van der Waals surface area contributed by atoms with Crippen LogP contribution in [0, 0.1) is 11.2 Å². The quantitative estimate of drug-likeness (QED) is 0.474. The first-order chi connectivity index (χ1) is 17.0. The highest BCUT2D eigenvalue weighted by Gasteiger charge is 2.31. The first-order valence-electron chi connectivity index (χ1n) is 13.0. The molecular weight excluding hydrogens is 461 g/mol. The number of hydrogen-bond acceptors (Lipinski definition) is 4. The number of aromatic amines is 1. The van der Waals surface area contributed by atoms with Crippen LogP contribution in [0.25, 0.3) is 11.0 Å². The second-order valence-corrected chi connectivity index (χ2v) is 11.0. The number of para-hydroxylation sites is 1. The zero-order valence-corrected chi connectivity index (χ0v) is 22.1. The van der Waals surface area contributed by atoms with E-state index in [1.54, 1.807) is 19.1 Å². The number of carbonyl (C=O) groups excluding carboxylic acids is 3. The van der Waals surface area contributed by atoms with Crippen molar-refractivity contribution in [1.29, 1.82) is 0 Å². The van der Waals surface area contributed by atoms with Gasteiger partial charge in [0.1, 0.15) is 17.4 Å². The van der Waals surface area contributed by atoms with Gasteiger partial charge in [-0.05, 0) is 56.6 Å². The van der Waals surface area contributed by atoms with E-state index in [4.69, 9.17) is 0 Å². The van der Waals surface area contributed by atoms with Gasteiger partial charge in [0, 0.05) is 19.0 Å². The highest BCUT2D eigenvalue weighted by atomic mass is 19.1. The zero-order valence-electron chi connectivity index (χ0n) is 22.1. The molecule has 1 fully saturated rings. The van der Waals surface area contributed by atoms with Gasteiger partial charge in [0.25, 0.3) is 0 Å². The van der Waals surface area contributed by atoms with Crippen molar-refractivity contribution in [2.45, 2.75) is 97.7 Å². The first kappa shape index (κ1) is 27.6. The van der Waals surface area contributed by atoms with Gasteiger partial charge in [-0.25, -0.2) is 9.37 Å². The van der Waals surface area contributed by atoms with Crippen molar-refractivity contribution in [3.8, 4) is 0 Å². The number of amides is 3. The van der Waals surface area contributed by atoms with Gasteiger partial charge in [-0.3, -0.25) is 14.4 Å². The highest BCUT2D eigenvalue weighted by Crippen LogP contribution is 2.23. The Balaban J connectivity index is 1.73. The molecular formula is C27H40FN5O3. The average molecular weight is 502 g/mol. The van der Waals surface area contributed by atoms with E-state index in [9.17, 15) is 18.8 Å². The number of piperidine rings is 1. The molecule has 0 aliphatic carbocycles. The second-order valence-electron chi connectivity index (χ2n) is 11.0. The summed E-state index contributed by atoms with van der Waals surface area (Å²) in [7, 11) is 0. The normalized spacial score (nSPS) is 18.1. The van der Waals surface area contributed by atoms with Gasteiger partial charge in [-0.15, -0.1) is 0 Å². The summed E-state index contributed by atoms with van der Waals surface area (Å²) >= 11 is 0. The number of nitrogens with one attached hydrogen (secondary N) is 3. The van der Waals surface area contributed by atoms with Crippen LogP contribution in [0.2, 0.25) is 0 Å². The lowest BCUT2D eigenvalue weighted by Gasteiger charge is -2.36. The summed E-state index contributed by atoms with van der Waals surface area (Å²) in [5.74, 6) is -0.908. The first-order valence-corrected chi connectivity index (χ1v) is 13.0. The molecule has 1 aromatic carbocycles. The number of aromatic nitrogens is 2. The number of hydrogen-bond donors (Lipinski definition) is 3. The van der Waals surface area contributed by atoms with E-state index < -0.39 is 23.8 Å². The van der Waals surface area contributed by atoms with E-state index in [1.807, 2.05) is 25.7 Å². The van der Waals surface area contributed by atoms with Crippen LogP contribution in [0.1, 0.15) is 91.4 Å². The molecule has 3 atom stereocenters. The van der Waals surface area contributed by atoms with Crippen LogP contribution >= 0.6 is 0 Å². The van der Waals surface area contributed by atoms with Gasteiger partial charge in [-0.2, -0.15) is 0 Å². The van der Waals surface area contributed by atoms with E-state index >= 15 is 0 Å². The number of H-pyrrole nitrogens is 1. The number of halogens is 1. The smallest absolute Gasteiger partial charge is 0.243 e. The number of rotatable bonds is 9. The number of nitrogens with zero attached hydrogens (tertiary/aromatic N) is 2. The number of imidazole rings is 1. The molecule has 0 bridgehead atoms. The topological polar surface area (TPSA) is 107 Å². The van der Waals surface area contributed by atoms with E-state index in [1.165, 1.54) is 6.07 Å². The Kier molecular flexibility index (Phi) is 9.08. The monoisotopic (exact) mass is 501 g/mol. The van der Waals surface area contributed by atoms with Crippen molar-refractivity contribution in [1.82, 2.24) is 25.5 Å². The SMILES string of the molecule is CC[C@H]1CCCCN1C(=O)CC(NC(=O)CCC(C)(C)C)C(=O)NC(C)c1nc2c(F)cccc2[nH]1. The Labute approximate surface area is 212 Å². The number of fused-ring (bicyclic) bond motifs is 1. The Morgan fingerprint density at radius 2 is 1.97 bits per heavy atom. The summed E-state index contributed by atoms with van der Waals surface area (Å²) in [5.41, 5.74) is 0.702. The fraction of sp³-hybridized carbons (Fsp3) is 0.630. The van der Waals surface area contributed by atoms with Crippen LogP contribution < -0.4 is 10.6 Å². The molecule has 2 aromatic rings. The molecule has 3 amide bonds. The van der Waals surface area contributed by atoms with Crippen molar-refractivity contribution in [3.63, 3.8) is 0 Å². The van der Waals surface area contributed by atoms with Gasteiger partial charge in [0.05, 0.1) is 18.0 Å². The van der Waals surface area contributed by atoms with Crippen LogP contribution in [0.15, 0.2) is 18.2 Å². The van der Waals surface area contributed by atoms with E-state index in [-0.39, 0.29) is 41.6 Å². The lowest BCUT2D eigenvalue weighted by atomic mass is 9.90.